The fourth-order valence-electron chi connectivity index (χ4n) is 4.20. The lowest BCUT2D eigenvalue weighted by Crippen LogP contribution is -2.33. The number of carbonyl (C=O) groups is 2. The molecule has 0 aliphatic heterocycles. The van der Waals surface area contributed by atoms with E-state index in [1.54, 1.807) is 18.2 Å². The molecular formula is C33H43N3O4. The van der Waals surface area contributed by atoms with Crippen molar-refractivity contribution in [3.63, 3.8) is 0 Å². The topological polar surface area (TPSA) is 99.7 Å². The number of para-hydroxylation sites is 1. The highest BCUT2D eigenvalue weighted by atomic mass is 16.5. The van der Waals surface area contributed by atoms with Gasteiger partial charge in [-0.15, -0.1) is 0 Å². The second kappa shape index (κ2) is 12.9. The Kier molecular flexibility index (Phi) is 9.85. The summed E-state index contributed by atoms with van der Waals surface area (Å²) in [6.45, 7) is 15.1. The van der Waals surface area contributed by atoms with Gasteiger partial charge >= 0.3 is 6.03 Å². The maximum absolute atomic E-state index is 13.2. The van der Waals surface area contributed by atoms with E-state index in [0.29, 0.717) is 23.5 Å². The van der Waals surface area contributed by atoms with Crippen molar-refractivity contribution in [3.05, 3.63) is 77.9 Å². The van der Waals surface area contributed by atoms with Crippen LogP contribution in [-0.4, -0.2) is 23.1 Å². The molecule has 3 aromatic carbocycles. The lowest BCUT2D eigenvalue weighted by Gasteiger charge is -2.31. The van der Waals surface area contributed by atoms with Crippen molar-refractivity contribution in [1.29, 1.82) is 0 Å². The monoisotopic (exact) mass is 545 g/mol. The molecule has 0 heterocycles. The van der Waals surface area contributed by atoms with Crippen LogP contribution in [0.5, 0.6) is 11.5 Å². The van der Waals surface area contributed by atoms with Gasteiger partial charge in [0.05, 0.1) is 5.69 Å². The zero-order chi connectivity index (χ0) is 29.5. The fourth-order valence-corrected chi connectivity index (χ4v) is 4.20. The number of nitrogens with one attached hydrogen (secondary N) is 3. The maximum atomic E-state index is 13.2. The second-order valence-electron chi connectivity index (χ2n) is 11.4. The molecular weight excluding hydrogens is 502 g/mol. The summed E-state index contributed by atoms with van der Waals surface area (Å²) in [6, 6.07) is 19.4. The van der Waals surface area contributed by atoms with E-state index < -0.39 is 12.1 Å². The van der Waals surface area contributed by atoms with Crippen molar-refractivity contribution in [3.8, 4) is 11.5 Å². The number of anilines is 3. The van der Waals surface area contributed by atoms with Crippen LogP contribution in [0.3, 0.4) is 0 Å². The van der Waals surface area contributed by atoms with E-state index in [0.717, 1.165) is 18.4 Å². The molecule has 0 aromatic heterocycles. The Bertz CT molecular complexity index is 1320. The summed E-state index contributed by atoms with van der Waals surface area (Å²) < 4.78 is 6.34. The van der Waals surface area contributed by atoms with Gasteiger partial charge in [0.15, 0.2) is 6.10 Å². The summed E-state index contributed by atoms with van der Waals surface area (Å²) in [5.74, 6) is 0.218. The molecule has 1 atom stereocenters. The average molecular weight is 546 g/mol. The number of hydrogen-bond acceptors (Lipinski definition) is 4. The first kappa shape index (κ1) is 30.5. The first-order chi connectivity index (χ1) is 18.9. The molecule has 0 radical (unpaired) electrons. The van der Waals surface area contributed by atoms with Gasteiger partial charge < -0.3 is 25.8 Å². The minimum atomic E-state index is -0.729. The SMILES string of the molecule is CCC(Oc1ccc(C(C)(C)CC)cc1C(C)(C)CC)C(=O)Nc1ccc(NC(=O)Nc2ccccc2)c(O)c1. The number of rotatable bonds is 11. The van der Waals surface area contributed by atoms with Crippen molar-refractivity contribution in [2.75, 3.05) is 16.0 Å². The lowest BCUT2D eigenvalue weighted by atomic mass is 9.76. The van der Waals surface area contributed by atoms with Gasteiger partial charge in [0.25, 0.3) is 5.91 Å². The summed E-state index contributed by atoms with van der Waals surface area (Å²) in [7, 11) is 0. The van der Waals surface area contributed by atoms with Gasteiger partial charge in [-0.25, -0.2) is 4.79 Å². The molecule has 7 heteroatoms. The van der Waals surface area contributed by atoms with Gasteiger partial charge in [0.2, 0.25) is 0 Å². The van der Waals surface area contributed by atoms with E-state index in [2.05, 4.69) is 69.6 Å². The molecule has 214 valence electrons. The Balaban J connectivity index is 1.74. The van der Waals surface area contributed by atoms with Crippen LogP contribution in [-0.2, 0) is 15.6 Å². The van der Waals surface area contributed by atoms with E-state index in [9.17, 15) is 14.7 Å². The maximum Gasteiger partial charge on any atom is 0.323 e. The first-order valence-electron chi connectivity index (χ1n) is 14.0. The van der Waals surface area contributed by atoms with Gasteiger partial charge in [-0.05, 0) is 66.0 Å². The minimum Gasteiger partial charge on any atom is -0.506 e. The predicted molar refractivity (Wildman–Crippen MR) is 164 cm³/mol. The molecule has 40 heavy (non-hydrogen) atoms. The Morgan fingerprint density at radius 1 is 0.800 bits per heavy atom. The smallest absolute Gasteiger partial charge is 0.323 e. The summed E-state index contributed by atoms with van der Waals surface area (Å²) in [5.41, 5.74) is 3.47. The zero-order valence-electron chi connectivity index (χ0n) is 24.7. The number of amides is 3. The zero-order valence-corrected chi connectivity index (χ0v) is 24.7. The van der Waals surface area contributed by atoms with Gasteiger partial charge in [-0.2, -0.15) is 0 Å². The third kappa shape index (κ3) is 7.56. The summed E-state index contributed by atoms with van der Waals surface area (Å²) >= 11 is 0. The third-order valence-corrected chi connectivity index (χ3v) is 7.74. The third-order valence-electron chi connectivity index (χ3n) is 7.74. The van der Waals surface area contributed by atoms with Crippen LogP contribution < -0.4 is 20.7 Å². The number of hydrogen-bond donors (Lipinski definition) is 4. The van der Waals surface area contributed by atoms with Gasteiger partial charge in [0, 0.05) is 23.0 Å². The molecule has 1 unspecified atom stereocenters. The van der Waals surface area contributed by atoms with Gasteiger partial charge in [-0.1, -0.05) is 78.8 Å². The van der Waals surface area contributed by atoms with E-state index in [1.165, 1.54) is 17.7 Å². The summed E-state index contributed by atoms with van der Waals surface area (Å²) in [4.78, 5) is 25.5. The normalized spacial score (nSPS) is 12.4. The Morgan fingerprint density at radius 3 is 2.08 bits per heavy atom. The van der Waals surface area contributed by atoms with Crippen molar-refractivity contribution in [2.24, 2.45) is 0 Å². The van der Waals surface area contributed by atoms with Crippen molar-refractivity contribution < 1.29 is 19.4 Å². The molecule has 0 aliphatic carbocycles. The summed E-state index contributed by atoms with van der Waals surface area (Å²) in [5, 5.41) is 18.6. The standard InChI is InChI=1S/C33H43N3O4/c1-8-28(40-29-19-16-22(32(4,5)9-2)20-25(29)33(6,7)10-3)30(38)34-24-17-18-26(27(37)21-24)36-31(39)35-23-14-12-11-13-15-23/h11-21,28,37H,8-10H2,1-7H3,(H,34,38)(H2,35,36,39). The van der Waals surface area contributed by atoms with Crippen LogP contribution in [0.1, 0.15) is 78.9 Å². The summed E-state index contributed by atoms with van der Waals surface area (Å²) in [6.07, 6.45) is 1.67. The van der Waals surface area contributed by atoms with Crippen LogP contribution in [0.15, 0.2) is 66.7 Å². The Hall–Kier alpha value is -4.00. The number of ether oxygens (including phenoxy) is 1. The molecule has 0 spiro atoms. The van der Waals surface area contributed by atoms with Crippen molar-refractivity contribution in [2.45, 2.75) is 84.7 Å². The van der Waals surface area contributed by atoms with E-state index in [-0.39, 0.29) is 28.2 Å². The van der Waals surface area contributed by atoms with Crippen molar-refractivity contribution >= 4 is 29.0 Å². The molecule has 4 N–H and O–H groups in total. The Morgan fingerprint density at radius 2 is 1.48 bits per heavy atom. The molecule has 0 fully saturated rings. The first-order valence-corrected chi connectivity index (χ1v) is 14.0. The van der Waals surface area contributed by atoms with Crippen molar-refractivity contribution in [1.82, 2.24) is 0 Å². The molecule has 0 aliphatic rings. The lowest BCUT2D eigenvalue weighted by molar-refractivity contribution is -0.122. The molecule has 0 saturated carbocycles. The number of carbonyl (C=O) groups excluding carboxylic acids is 2. The highest BCUT2D eigenvalue weighted by Gasteiger charge is 2.29. The molecule has 3 aromatic rings. The highest BCUT2D eigenvalue weighted by molar-refractivity contribution is 6.01. The molecule has 3 amide bonds. The van der Waals surface area contributed by atoms with Crippen LogP contribution in [0.4, 0.5) is 21.9 Å². The number of benzene rings is 3. The highest BCUT2D eigenvalue weighted by Crippen LogP contribution is 2.39. The van der Waals surface area contributed by atoms with E-state index >= 15 is 0 Å². The minimum absolute atomic E-state index is 0.0316. The second-order valence-corrected chi connectivity index (χ2v) is 11.4. The number of phenolic OH excluding ortho intramolecular Hbond substituents is 1. The molecule has 0 saturated heterocycles. The molecule has 7 nitrogen and oxygen atoms in total. The predicted octanol–water partition coefficient (Wildman–Crippen LogP) is 8.21. The van der Waals surface area contributed by atoms with Crippen LogP contribution in [0, 0.1) is 0 Å². The van der Waals surface area contributed by atoms with Crippen LogP contribution >= 0.6 is 0 Å². The number of phenols is 1. The van der Waals surface area contributed by atoms with Crippen LogP contribution in [0.2, 0.25) is 0 Å². The van der Waals surface area contributed by atoms with Gasteiger partial charge in [0.1, 0.15) is 11.5 Å². The average Bonchev–Trinajstić information content (AvgIpc) is 2.93. The quantitative estimate of drug-likeness (QED) is 0.182. The fraction of sp³-hybridized carbons (Fsp3) is 0.394. The van der Waals surface area contributed by atoms with Crippen LogP contribution in [0.25, 0.3) is 0 Å². The largest absolute Gasteiger partial charge is 0.506 e. The van der Waals surface area contributed by atoms with Gasteiger partial charge in [-0.3, -0.25) is 4.79 Å². The number of urea groups is 1. The Labute approximate surface area is 238 Å². The van der Waals surface area contributed by atoms with E-state index in [4.69, 9.17) is 4.74 Å². The molecule has 3 rings (SSSR count). The molecule has 0 bridgehead atoms. The van der Waals surface area contributed by atoms with E-state index in [1.807, 2.05) is 31.2 Å². The number of aromatic hydroxyl groups is 1.